The van der Waals surface area contributed by atoms with Gasteiger partial charge in [-0.3, -0.25) is 6.08 Å². The second-order valence-electron chi connectivity index (χ2n) is 7.57. The first-order chi connectivity index (χ1) is 10.1. The van der Waals surface area contributed by atoms with Crippen molar-refractivity contribution in [2.24, 2.45) is 0 Å². The van der Waals surface area contributed by atoms with Gasteiger partial charge in [-0.05, 0) is 5.41 Å². The average molecular weight is 465 g/mol. The van der Waals surface area contributed by atoms with E-state index in [1.54, 1.807) is 0 Å². The second-order valence-corrected chi connectivity index (χ2v) is 8.73. The van der Waals surface area contributed by atoms with Crippen molar-refractivity contribution in [1.82, 2.24) is 0 Å². The zero-order chi connectivity index (χ0) is 17.2. The Morgan fingerprint density at radius 1 is 0.926 bits per heavy atom. The van der Waals surface area contributed by atoms with Crippen LogP contribution in [0.2, 0.25) is 13.1 Å². The van der Waals surface area contributed by atoms with Gasteiger partial charge < -0.3 is 13.6 Å². The van der Waals surface area contributed by atoms with Gasteiger partial charge in [0.05, 0.1) is 0 Å². The van der Waals surface area contributed by atoms with Crippen molar-refractivity contribution in [2.45, 2.75) is 71.9 Å². The van der Waals surface area contributed by atoms with Gasteiger partial charge in [-0.15, -0.1) is 31.2 Å². The molecule has 0 bridgehead atoms. The SMILES string of the molecule is CC(C)(C)c1[c-]cc(C(C)(C)C)cc1.C[SiH]C.Cl.Cl.[C-]1=CC=CC1.[CH3-].[NH2-].[Ti+4]. The minimum Gasteiger partial charge on any atom is -0.693 e. The van der Waals surface area contributed by atoms with Crippen LogP contribution in [-0.4, -0.2) is 9.52 Å². The fourth-order valence-electron chi connectivity index (χ4n) is 1.70. The third kappa shape index (κ3) is 20.7. The molecule has 0 atom stereocenters. The van der Waals surface area contributed by atoms with Crippen LogP contribution in [0.3, 0.4) is 0 Å². The Labute approximate surface area is 200 Å². The maximum Gasteiger partial charge on any atom is 4.00 e. The van der Waals surface area contributed by atoms with E-state index >= 15 is 0 Å². The Bertz CT molecular complexity index is 430. The summed E-state index contributed by atoms with van der Waals surface area (Å²) in [5, 5.41) is 0. The minimum absolute atomic E-state index is 0. The molecule has 1 aromatic rings. The molecule has 0 aromatic heterocycles. The first-order valence-corrected chi connectivity index (χ1v) is 10.4. The van der Waals surface area contributed by atoms with Crippen molar-refractivity contribution < 1.29 is 21.7 Å². The molecule has 0 unspecified atom stereocenters. The number of benzene rings is 1. The van der Waals surface area contributed by atoms with Crippen molar-refractivity contribution in [2.75, 3.05) is 0 Å². The Morgan fingerprint density at radius 2 is 1.41 bits per heavy atom. The van der Waals surface area contributed by atoms with Gasteiger partial charge in [-0.1, -0.05) is 60.1 Å². The standard InChI is InChI=1S/C14H21.C5H5.C2H7Si.CH3.2ClH.H2N.Ti/c1-13(2,3)11-7-9-12(10-8-11)14(4,5)6;1-2-4-5-3-1;1-3-2;;;;;/h7-9H,1-6H3;1-3H,4H2;3H,1-2H3;1H3;2*1H;1H2;/q2*-1;;-1;;;-1;+4. The van der Waals surface area contributed by atoms with Gasteiger partial charge in [0.25, 0.3) is 0 Å². The number of hydrogen-bond donors (Lipinski definition) is 0. The Hall–Kier alpha value is 0.171. The molecule has 0 heterocycles. The van der Waals surface area contributed by atoms with Gasteiger partial charge in [-0.2, -0.15) is 41.5 Å². The van der Waals surface area contributed by atoms with Crippen molar-refractivity contribution in [1.29, 1.82) is 0 Å². The summed E-state index contributed by atoms with van der Waals surface area (Å²) in [7, 11) is 0.750. The summed E-state index contributed by atoms with van der Waals surface area (Å²) in [6.07, 6.45) is 10.0. The molecule has 5 heteroatoms. The van der Waals surface area contributed by atoms with E-state index in [4.69, 9.17) is 0 Å². The normalized spacial score (nSPS) is 10.7. The summed E-state index contributed by atoms with van der Waals surface area (Å²) < 4.78 is 0. The van der Waals surface area contributed by atoms with E-state index in [2.05, 4.69) is 91.1 Å². The van der Waals surface area contributed by atoms with Crippen molar-refractivity contribution in [3.63, 3.8) is 0 Å². The van der Waals surface area contributed by atoms with E-state index in [9.17, 15) is 0 Å². The largest absolute Gasteiger partial charge is 4.00 e. The van der Waals surface area contributed by atoms with Crippen molar-refractivity contribution in [3.05, 3.63) is 73.3 Å². The summed E-state index contributed by atoms with van der Waals surface area (Å²) in [6, 6.07) is 9.92. The third-order valence-corrected chi connectivity index (χ3v) is 3.07. The molecule has 1 aliphatic rings. The van der Waals surface area contributed by atoms with E-state index in [1.165, 1.54) is 11.1 Å². The van der Waals surface area contributed by atoms with Crippen LogP contribution >= 0.6 is 24.8 Å². The summed E-state index contributed by atoms with van der Waals surface area (Å²) in [4.78, 5) is 0. The molecule has 1 aromatic carbocycles. The topological polar surface area (TPSA) is 33.5 Å². The van der Waals surface area contributed by atoms with Crippen LogP contribution in [0.25, 0.3) is 6.15 Å². The molecule has 1 aliphatic carbocycles. The molecule has 1 nitrogen and oxygen atoms in total. The quantitative estimate of drug-likeness (QED) is 0.276. The van der Waals surface area contributed by atoms with E-state index in [0.29, 0.717) is 0 Å². The van der Waals surface area contributed by atoms with Crippen LogP contribution < -0.4 is 0 Å². The first kappa shape index (κ1) is 41.5. The maximum absolute atomic E-state index is 3.38. The number of rotatable bonds is 0. The Kier molecular flexibility index (Phi) is 32.1. The molecule has 155 valence electrons. The van der Waals surface area contributed by atoms with E-state index in [-0.39, 0.29) is 70.9 Å². The van der Waals surface area contributed by atoms with Crippen LogP contribution in [0.4, 0.5) is 0 Å². The monoisotopic (exact) mass is 464 g/mol. The van der Waals surface area contributed by atoms with Crippen molar-refractivity contribution in [3.8, 4) is 0 Å². The third-order valence-electron chi connectivity index (χ3n) is 3.07. The zero-order valence-electron chi connectivity index (χ0n) is 18.6. The molecule has 0 saturated carbocycles. The molecule has 27 heavy (non-hydrogen) atoms. The van der Waals surface area contributed by atoms with Crippen LogP contribution in [0.1, 0.15) is 59.1 Å². The molecular weight excluding hydrogens is 425 g/mol. The Morgan fingerprint density at radius 3 is 1.59 bits per heavy atom. The summed E-state index contributed by atoms with van der Waals surface area (Å²) in [5.74, 6) is 0. The molecular formula is C22H40Cl2NSiTi. The van der Waals surface area contributed by atoms with Gasteiger partial charge in [0.15, 0.2) is 0 Å². The predicted octanol–water partition coefficient (Wildman–Crippen LogP) is 7.92. The molecule has 0 saturated heterocycles. The molecule has 1 radical (unpaired) electrons. The van der Waals surface area contributed by atoms with Crippen LogP contribution in [0, 0.1) is 19.6 Å². The smallest absolute Gasteiger partial charge is 0.693 e. The number of hydrogen-bond acceptors (Lipinski definition) is 0. The predicted molar refractivity (Wildman–Crippen MR) is 129 cm³/mol. The fraction of sp³-hybridized carbons (Fsp3) is 0.500. The van der Waals surface area contributed by atoms with Crippen LogP contribution in [-0.2, 0) is 32.5 Å². The average Bonchev–Trinajstić information content (AvgIpc) is 2.97. The number of halogens is 2. The van der Waals surface area contributed by atoms with E-state index < -0.39 is 0 Å². The van der Waals surface area contributed by atoms with Crippen LogP contribution in [0.5, 0.6) is 0 Å². The first-order valence-electron chi connectivity index (χ1n) is 8.11. The number of allylic oxidation sites excluding steroid dienone is 4. The molecule has 0 fully saturated rings. The van der Waals surface area contributed by atoms with Crippen LogP contribution in [0.15, 0.2) is 36.4 Å². The summed E-state index contributed by atoms with van der Waals surface area (Å²) in [6.45, 7) is 17.8. The van der Waals surface area contributed by atoms with Gasteiger partial charge >= 0.3 is 21.7 Å². The molecule has 0 spiro atoms. The van der Waals surface area contributed by atoms with E-state index in [0.717, 1.165) is 15.9 Å². The minimum atomic E-state index is 0. The molecule has 0 amide bonds. The van der Waals surface area contributed by atoms with Gasteiger partial charge in [0.2, 0.25) is 0 Å². The van der Waals surface area contributed by atoms with Gasteiger partial charge in [-0.25, -0.2) is 12.2 Å². The van der Waals surface area contributed by atoms with Crippen molar-refractivity contribution >= 4 is 34.3 Å². The van der Waals surface area contributed by atoms with E-state index in [1.807, 2.05) is 12.2 Å². The second kappa shape index (κ2) is 20.9. The van der Waals surface area contributed by atoms with Gasteiger partial charge in [0.1, 0.15) is 0 Å². The summed E-state index contributed by atoms with van der Waals surface area (Å²) in [5.41, 5.74) is 3.07. The molecule has 2 rings (SSSR count). The summed E-state index contributed by atoms with van der Waals surface area (Å²) >= 11 is 0. The maximum atomic E-state index is 3.38. The molecule has 0 aliphatic heterocycles. The Balaban J connectivity index is -0.0000000728. The molecule has 2 N–H and O–H groups in total. The number of nitrogens with two attached hydrogens (primary N) is 1. The zero-order valence-corrected chi connectivity index (χ0v) is 23.0. The fourth-order valence-corrected chi connectivity index (χ4v) is 1.70. The van der Waals surface area contributed by atoms with Gasteiger partial charge in [0, 0.05) is 9.52 Å².